The fourth-order valence-electron chi connectivity index (χ4n) is 1.05. The standard InChI is InChI=1S/C9H5BrClNO/c10-9-5-8(12-13-9)6-3-1-2-4-7(6)11/h1-5H. The summed E-state index contributed by atoms with van der Waals surface area (Å²) in [6.07, 6.45) is 0. The molecular weight excluding hydrogens is 253 g/mol. The van der Waals surface area contributed by atoms with Gasteiger partial charge in [0, 0.05) is 11.6 Å². The predicted octanol–water partition coefficient (Wildman–Crippen LogP) is 3.76. The van der Waals surface area contributed by atoms with Crippen molar-refractivity contribution < 1.29 is 4.52 Å². The maximum atomic E-state index is 5.97. The molecule has 0 fully saturated rings. The Bertz CT molecular complexity index is 427. The van der Waals surface area contributed by atoms with E-state index in [0.29, 0.717) is 9.69 Å². The van der Waals surface area contributed by atoms with Crippen molar-refractivity contribution >= 4 is 27.5 Å². The van der Waals surface area contributed by atoms with Gasteiger partial charge in [-0.15, -0.1) is 0 Å². The summed E-state index contributed by atoms with van der Waals surface area (Å²) in [4.78, 5) is 0. The zero-order valence-corrected chi connectivity index (χ0v) is 8.84. The van der Waals surface area contributed by atoms with Crippen molar-refractivity contribution in [3.63, 3.8) is 0 Å². The predicted molar refractivity (Wildman–Crippen MR) is 54.6 cm³/mol. The first-order valence-electron chi connectivity index (χ1n) is 3.64. The third-order valence-electron chi connectivity index (χ3n) is 1.63. The van der Waals surface area contributed by atoms with Gasteiger partial charge in [0.1, 0.15) is 5.69 Å². The van der Waals surface area contributed by atoms with Crippen molar-refractivity contribution in [1.29, 1.82) is 0 Å². The van der Waals surface area contributed by atoms with Crippen LogP contribution in [-0.4, -0.2) is 5.16 Å². The largest absolute Gasteiger partial charge is 0.349 e. The topological polar surface area (TPSA) is 26.0 Å². The van der Waals surface area contributed by atoms with Gasteiger partial charge in [-0.3, -0.25) is 0 Å². The average Bonchev–Trinajstić information content (AvgIpc) is 2.53. The van der Waals surface area contributed by atoms with E-state index in [9.17, 15) is 0 Å². The number of rotatable bonds is 1. The van der Waals surface area contributed by atoms with Gasteiger partial charge in [-0.2, -0.15) is 0 Å². The minimum Gasteiger partial charge on any atom is -0.349 e. The molecule has 0 N–H and O–H groups in total. The van der Waals surface area contributed by atoms with Crippen molar-refractivity contribution in [3.05, 3.63) is 40.0 Å². The van der Waals surface area contributed by atoms with E-state index in [1.165, 1.54) is 0 Å². The number of halogens is 2. The van der Waals surface area contributed by atoms with Crippen LogP contribution in [0.25, 0.3) is 11.3 Å². The Morgan fingerprint density at radius 1 is 1.31 bits per heavy atom. The Hall–Kier alpha value is -0.800. The number of hydrogen-bond donors (Lipinski definition) is 0. The molecule has 0 spiro atoms. The maximum absolute atomic E-state index is 5.97. The molecule has 2 rings (SSSR count). The van der Waals surface area contributed by atoms with Crippen LogP contribution in [0.5, 0.6) is 0 Å². The van der Waals surface area contributed by atoms with Crippen LogP contribution in [-0.2, 0) is 0 Å². The smallest absolute Gasteiger partial charge is 0.202 e. The summed E-state index contributed by atoms with van der Waals surface area (Å²) in [5.74, 6) is 0. The molecule has 0 amide bonds. The van der Waals surface area contributed by atoms with E-state index in [1.54, 1.807) is 6.07 Å². The molecule has 0 saturated carbocycles. The van der Waals surface area contributed by atoms with Gasteiger partial charge < -0.3 is 4.52 Å². The SMILES string of the molecule is Clc1ccccc1-c1cc(Br)on1. The minimum atomic E-state index is 0.599. The number of aromatic nitrogens is 1. The molecule has 4 heteroatoms. The summed E-state index contributed by atoms with van der Waals surface area (Å²) < 4.78 is 5.48. The van der Waals surface area contributed by atoms with E-state index in [1.807, 2.05) is 24.3 Å². The summed E-state index contributed by atoms with van der Waals surface area (Å²) in [5.41, 5.74) is 1.61. The molecule has 66 valence electrons. The highest BCUT2D eigenvalue weighted by molar-refractivity contribution is 9.10. The number of hydrogen-bond acceptors (Lipinski definition) is 2. The zero-order chi connectivity index (χ0) is 9.26. The van der Waals surface area contributed by atoms with Crippen LogP contribution < -0.4 is 0 Å². The summed E-state index contributed by atoms with van der Waals surface area (Å²) in [6.45, 7) is 0. The third kappa shape index (κ3) is 1.76. The monoisotopic (exact) mass is 257 g/mol. The first-order chi connectivity index (χ1) is 6.27. The lowest BCUT2D eigenvalue weighted by atomic mass is 10.2. The van der Waals surface area contributed by atoms with Crippen molar-refractivity contribution in [3.8, 4) is 11.3 Å². The fourth-order valence-corrected chi connectivity index (χ4v) is 1.57. The molecule has 13 heavy (non-hydrogen) atoms. The molecular formula is C9H5BrClNO. The van der Waals surface area contributed by atoms with Crippen LogP contribution >= 0.6 is 27.5 Å². The van der Waals surface area contributed by atoms with Gasteiger partial charge in [-0.25, -0.2) is 0 Å². The van der Waals surface area contributed by atoms with Crippen molar-refractivity contribution in [2.45, 2.75) is 0 Å². The minimum absolute atomic E-state index is 0.599. The van der Waals surface area contributed by atoms with Crippen LogP contribution in [0.3, 0.4) is 0 Å². The molecule has 0 saturated heterocycles. The van der Waals surface area contributed by atoms with Gasteiger partial charge >= 0.3 is 0 Å². The summed E-state index contributed by atoms with van der Waals surface area (Å²) in [5, 5.41) is 4.51. The van der Waals surface area contributed by atoms with Crippen LogP contribution in [0.15, 0.2) is 39.5 Å². The van der Waals surface area contributed by atoms with Gasteiger partial charge in [0.25, 0.3) is 0 Å². The number of benzene rings is 1. The first kappa shape index (κ1) is 8.78. The van der Waals surface area contributed by atoms with E-state index in [0.717, 1.165) is 11.3 Å². The maximum Gasteiger partial charge on any atom is 0.202 e. The van der Waals surface area contributed by atoms with Gasteiger partial charge in [0.2, 0.25) is 4.67 Å². The zero-order valence-electron chi connectivity index (χ0n) is 6.50. The van der Waals surface area contributed by atoms with Crippen LogP contribution in [0.2, 0.25) is 5.02 Å². The molecule has 2 nitrogen and oxygen atoms in total. The van der Waals surface area contributed by atoms with Gasteiger partial charge in [-0.1, -0.05) is 35.0 Å². The number of nitrogens with zero attached hydrogens (tertiary/aromatic N) is 1. The van der Waals surface area contributed by atoms with E-state index in [4.69, 9.17) is 16.1 Å². The molecule has 0 aliphatic carbocycles. The van der Waals surface area contributed by atoms with Crippen LogP contribution in [0, 0.1) is 0 Å². The third-order valence-corrected chi connectivity index (χ3v) is 2.33. The lowest BCUT2D eigenvalue weighted by molar-refractivity contribution is 0.402. The Morgan fingerprint density at radius 3 is 2.69 bits per heavy atom. The first-order valence-corrected chi connectivity index (χ1v) is 4.81. The van der Waals surface area contributed by atoms with Gasteiger partial charge in [0.15, 0.2) is 0 Å². The van der Waals surface area contributed by atoms with Crippen molar-refractivity contribution in [1.82, 2.24) is 5.16 Å². The molecule has 1 aromatic carbocycles. The van der Waals surface area contributed by atoms with Crippen LogP contribution in [0.4, 0.5) is 0 Å². The fraction of sp³-hybridized carbons (Fsp3) is 0. The summed E-state index contributed by atoms with van der Waals surface area (Å²) in [6, 6.07) is 9.28. The van der Waals surface area contributed by atoms with E-state index >= 15 is 0 Å². The van der Waals surface area contributed by atoms with Crippen LogP contribution in [0.1, 0.15) is 0 Å². The molecule has 0 unspecified atom stereocenters. The molecule has 0 atom stereocenters. The van der Waals surface area contributed by atoms with E-state index < -0.39 is 0 Å². The average molecular weight is 259 g/mol. The normalized spacial score (nSPS) is 10.3. The quantitative estimate of drug-likeness (QED) is 0.778. The molecule has 0 aliphatic rings. The van der Waals surface area contributed by atoms with E-state index in [2.05, 4.69) is 21.1 Å². The Labute approximate surface area is 88.6 Å². The Balaban J connectivity index is 2.52. The Morgan fingerprint density at radius 2 is 2.08 bits per heavy atom. The summed E-state index contributed by atoms with van der Waals surface area (Å²) in [7, 11) is 0. The van der Waals surface area contributed by atoms with Gasteiger partial charge in [-0.05, 0) is 22.0 Å². The van der Waals surface area contributed by atoms with Gasteiger partial charge in [0.05, 0.1) is 5.02 Å². The highest BCUT2D eigenvalue weighted by Crippen LogP contribution is 2.28. The highest BCUT2D eigenvalue weighted by atomic mass is 79.9. The molecule has 0 radical (unpaired) electrons. The molecule has 2 aromatic rings. The summed E-state index contributed by atoms with van der Waals surface area (Å²) >= 11 is 9.15. The lowest BCUT2D eigenvalue weighted by Gasteiger charge is -1.96. The molecule has 1 aromatic heterocycles. The molecule has 1 heterocycles. The second kappa shape index (κ2) is 3.52. The second-order valence-corrected chi connectivity index (χ2v) is 3.68. The second-order valence-electron chi connectivity index (χ2n) is 2.50. The lowest BCUT2D eigenvalue weighted by Crippen LogP contribution is -1.77. The Kier molecular flexibility index (Phi) is 2.38. The van der Waals surface area contributed by atoms with E-state index in [-0.39, 0.29) is 0 Å². The molecule has 0 bridgehead atoms. The van der Waals surface area contributed by atoms with Crippen molar-refractivity contribution in [2.75, 3.05) is 0 Å². The van der Waals surface area contributed by atoms with Crippen molar-refractivity contribution in [2.24, 2.45) is 0 Å². The highest BCUT2D eigenvalue weighted by Gasteiger charge is 2.06. The molecule has 0 aliphatic heterocycles.